The molecule has 2 nitrogen and oxygen atoms in total. The number of hydrogen-bond acceptors (Lipinski definition) is 2. The zero-order valence-electron chi connectivity index (χ0n) is 6.40. The van der Waals surface area contributed by atoms with Crippen LogP contribution in [0.3, 0.4) is 0 Å². The van der Waals surface area contributed by atoms with Gasteiger partial charge in [0.2, 0.25) is 0 Å². The predicted octanol–water partition coefficient (Wildman–Crippen LogP) is 0.964. The first-order valence-corrected chi connectivity index (χ1v) is 3.46. The molecule has 0 heterocycles. The van der Waals surface area contributed by atoms with Gasteiger partial charge in [0.05, 0.1) is 6.04 Å². The monoisotopic (exact) mass is 129 g/mol. The molecule has 0 aromatic heterocycles. The van der Waals surface area contributed by atoms with Gasteiger partial charge in [-0.25, -0.2) is 0 Å². The molecule has 54 valence electrons. The van der Waals surface area contributed by atoms with Crippen molar-refractivity contribution in [2.75, 3.05) is 6.54 Å². The topological polar surface area (TPSA) is 29.1 Å². The average molecular weight is 129 g/mol. The van der Waals surface area contributed by atoms with Crippen LogP contribution >= 0.6 is 0 Å². The van der Waals surface area contributed by atoms with Crippen LogP contribution in [0.25, 0.3) is 0 Å². The minimum atomic E-state index is 0.0787. The molecule has 0 radical (unpaired) electrons. The van der Waals surface area contributed by atoms with Crippen LogP contribution in [-0.4, -0.2) is 18.4 Å². The number of carbonyl (C=O) groups excluding carboxylic acids is 1. The van der Waals surface area contributed by atoms with Crippen LogP contribution in [0.2, 0.25) is 0 Å². The van der Waals surface area contributed by atoms with E-state index in [0.29, 0.717) is 0 Å². The molecule has 9 heavy (non-hydrogen) atoms. The average Bonchev–Trinajstić information content (AvgIpc) is 1.82. The molecule has 0 bridgehead atoms. The van der Waals surface area contributed by atoms with Gasteiger partial charge in [-0.2, -0.15) is 0 Å². The molecule has 0 unspecified atom stereocenters. The molecule has 2 heteroatoms. The Morgan fingerprint density at radius 1 is 1.56 bits per heavy atom. The SMILES string of the molecule is CCN[C@H](CC)C(C)=O. The van der Waals surface area contributed by atoms with Crippen LogP contribution in [0.4, 0.5) is 0 Å². The van der Waals surface area contributed by atoms with Crippen molar-refractivity contribution in [3.63, 3.8) is 0 Å². The van der Waals surface area contributed by atoms with E-state index >= 15 is 0 Å². The Morgan fingerprint density at radius 2 is 2.11 bits per heavy atom. The van der Waals surface area contributed by atoms with Crippen molar-refractivity contribution in [2.45, 2.75) is 33.2 Å². The van der Waals surface area contributed by atoms with Crippen molar-refractivity contribution in [1.29, 1.82) is 0 Å². The van der Waals surface area contributed by atoms with Crippen LogP contribution in [0.5, 0.6) is 0 Å². The van der Waals surface area contributed by atoms with E-state index in [1.54, 1.807) is 6.92 Å². The van der Waals surface area contributed by atoms with Crippen molar-refractivity contribution in [3.05, 3.63) is 0 Å². The third-order valence-electron chi connectivity index (χ3n) is 1.35. The second-order valence-electron chi connectivity index (χ2n) is 2.13. The summed E-state index contributed by atoms with van der Waals surface area (Å²) in [5, 5.41) is 3.08. The zero-order valence-corrected chi connectivity index (χ0v) is 6.40. The molecular weight excluding hydrogens is 114 g/mol. The minimum Gasteiger partial charge on any atom is -0.308 e. The third-order valence-corrected chi connectivity index (χ3v) is 1.35. The quantitative estimate of drug-likeness (QED) is 0.612. The molecule has 0 aromatic rings. The van der Waals surface area contributed by atoms with E-state index in [4.69, 9.17) is 0 Å². The first-order valence-electron chi connectivity index (χ1n) is 3.46. The van der Waals surface area contributed by atoms with Crippen molar-refractivity contribution in [1.82, 2.24) is 5.32 Å². The molecule has 0 aliphatic heterocycles. The molecule has 0 aromatic carbocycles. The number of carbonyl (C=O) groups is 1. The maximum atomic E-state index is 10.7. The van der Waals surface area contributed by atoms with Gasteiger partial charge in [-0.3, -0.25) is 4.79 Å². The number of ketones is 1. The lowest BCUT2D eigenvalue weighted by Gasteiger charge is -2.10. The van der Waals surface area contributed by atoms with Gasteiger partial charge >= 0.3 is 0 Å². The number of nitrogens with one attached hydrogen (secondary N) is 1. The summed E-state index contributed by atoms with van der Waals surface area (Å²) >= 11 is 0. The molecule has 1 N–H and O–H groups in total. The highest BCUT2D eigenvalue weighted by molar-refractivity contribution is 5.81. The van der Waals surface area contributed by atoms with Crippen molar-refractivity contribution >= 4 is 5.78 Å². The first kappa shape index (κ1) is 8.63. The van der Waals surface area contributed by atoms with Crippen LogP contribution < -0.4 is 5.32 Å². The molecule has 0 saturated carbocycles. The molecule has 0 spiro atoms. The van der Waals surface area contributed by atoms with Crippen LogP contribution in [0.15, 0.2) is 0 Å². The number of hydrogen-bond donors (Lipinski definition) is 1. The van der Waals surface area contributed by atoms with Gasteiger partial charge in [0.25, 0.3) is 0 Å². The van der Waals surface area contributed by atoms with Gasteiger partial charge in [-0.05, 0) is 19.9 Å². The Bertz CT molecular complexity index is 90.9. The highest BCUT2D eigenvalue weighted by Gasteiger charge is 2.07. The molecule has 0 fully saturated rings. The lowest BCUT2D eigenvalue weighted by Crippen LogP contribution is -2.34. The van der Waals surface area contributed by atoms with Crippen molar-refractivity contribution in [3.8, 4) is 0 Å². The fourth-order valence-electron chi connectivity index (χ4n) is 0.822. The first-order chi connectivity index (χ1) is 4.22. The van der Waals surface area contributed by atoms with Crippen LogP contribution in [0, 0.1) is 0 Å². The third kappa shape index (κ3) is 3.25. The van der Waals surface area contributed by atoms with E-state index in [0.717, 1.165) is 13.0 Å². The normalized spacial score (nSPS) is 13.2. The molecule has 0 aliphatic carbocycles. The Balaban J connectivity index is 3.54. The summed E-state index contributed by atoms with van der Waals surface area (Å²) in [6, 6.07) is 0.0787. The van der Waals surface area contributed by atoms with Gasteiger partial charge in [0.1, 0.15) is 5.78 Å². The second kappa shape index (κ2) is 4.50. The Kier molecular flexibility index (Phi) is 4.32. The van der Waals surface area contributed by atoms with Gasteiger partial charge in [0, 0.05) is 0 Å². The highest BCUT2D eigenvalue weighted by atomic mass is 16.1. The van der Waals surface area contributed by atoms with Gasteiger partial charge in [-0.1, -0.05) is 13.8 Å². The van der Waals surface area contributed by atoms with E-state index in [1.807, 2.05) is 13.8 Å². The fraction of sp³-hybridized carbons (Fsp3) is 0.857. The van der Waals surface area contributed by atoms with Gasteiger partial charge in [-0.15, -0.1) is 0 Å². The summed E-state index contributed by atoms with van der Waals surface area (Å²) in [6.07, 6.45) is 0.892. The largest absolute Gasteiger partial charge is 0.308 e. The van der Waals surface area contributed by atoms with Crippen molar-refractivity contribution < 1.29 is 4.79 Å². The lowest BCUT2D eigenvalue weighted by molar-refractivity contribution is -0.119. The summed E-state index contributed by atoms with van der Waals surface area (Å²) < 4.78 is 0. The summed E-state index contributed by atoms with van der Waals surface area (Å²) in [7, 11) is 0. The molecule has 0 amide bonds. The van der Waals surface area contributed by atoms with Crippen molar-refractivity contribution in [2.24, 2.45) is 0 Å². The molecular formula is C7H15NO. The summed E-state index contributed by atoms with van der Waals surface area (Å²) in [5.74, 6) is 0.236. The molecule has 1 atom stereocenters. The maximum absolute atomic E-state index is 10.7. The summed E-state index contributed by atoms with van der Waals surface area (Å²) in [5.41, 5.74) is 0. The minimum absolute atomic E-state index is 0.0787. The van der Waals surface area contributed by atoms with Crippen LogP contribution in [-0.2, 0) is 4.79 Å². The molecule has 0 rings (SSSR count). The maximum Gasteiger partial charge on any atom is 0.146 e. The second-order valence-corrected chi connectivity index (χ2v) is 2.13. The number of Topliss-reactive ketones (excluding diaryl/α,β-unsaturated/α-hetero) is 1. The zero-order chi connectivity index (χ0) is 7.28. The Hall–Kier alpha value is -0.370. The molecule has 0 saturated heterocycles. The van der Waals surface area contributed by atoms with Gasteiger partial charge in [0.15, 0.2) is 0 Å². The van der Waals surface area contributed by atoms with E-state index in [-0.39, 0.29) is 11.8 Å². The standard InChI is InChI=1S/C7H15NO/c1-4-7(6(3)9)8-5-2/h7-8H,4-5H2,1-3H3/t7-/m1/s1. The number of likely N-dealkylation sites (N-methyl/N-ethyl adjacent to an activating group) is 1. The predicted molar refractivity (Wildman–Crippen MR) is 38.4 cm³/mol. The van der Waals surface area contributed by atoms with E-state index in [9.17, 15) is 4.79 Å². The van der Waals surface area contributed by atoms with Crippen LogP contribution in [0.1, 0.15) is 27.2 Å². The van der Waals surface area contributed by atoms with E-state index in [2.05, 4.69) is 5.32 Å². The highest BCUT2D eigenvalue weighted by Crippen LogP contribution is 1.90. The fourth-order valence-corrected chi connectivity index (χ4v) is 0.822. The Morgan fingerprint density at radius 3 is 2.22 bits per heavy atom. The Labute approximate surface area is 56.6 Å². The van der Waals surface area contributed by atoms with E-state index < -0.39 is 0 Å². The summed E-state index contributed by atoms with van der Waals surface area (Å²) in [6.45, 7) is 6.51. The molecule has 0 aliphatic rings. The summed E-state index contributed by atoms with van der Waals surface area (Å²) in [4.78, 5) is 10.7. The lowest BCUT2D eigenvalue weighted by atomic mass is 10.1. The van der Waals surface area contributed by atoms with Gasteiger partial charge < -0.3 is 5.32 Å². The smallest absolute Gasteiger partial charge is 0.146 e. The van der Waals surface area contributed by atoms with E-state index in [1.165, 1.54) is 0 Å². The number of rotatable bonds is 4.